The molecule has 0 saturated carbocycles. The second-order valence-electron chi connectivity index (χ2n) is 4.71. The van der Waals surface area contributed by atoms with Gasteiger partial charge in [0.25, 0.3) is 0 Å². The van der Waals surface area contributed by atoms with E-state index in [9.17, 15) is 18.3 Å². The normalized spacial score (nSPS) is 13.4. The zero-order chi connectivity index (χ0) is 15.5. The highest BCUT2D eigenvalue weighted by molar-refractivity contribution is 5.26. The molecule has 1 aromatic heterocycles. The molecule has 2 rings (SSSR count). The largest absolute Gasteiger partial charge is 0.416 e. The lowest BCUT2D eigenvalue weighted by Crippen LogP contribution is -2.22. The van der Waals surface area contributed by atoms with Gasteiger partial charge in [0, 0.05) is 26.3 Å². The summed E-state index contributed by atoms with van der Waals surface area (Å²) in [5.41, 5.74) is 0.677. The van der Waals surface area contributed by atoms with Crippen LogP contribution in [0.25, 0.3) is 0 Å². The van der Waals surface area contributed by atoms with E-state index in [0.29, 0.717) is 12.1 Å². The number of rotatable bonds is 5. The van der Waals surface area contributed by atoms with Crippen LogP contribution in [0.5, 0.6) is 0 Å². The third kappa shape index (κ3) is 4.05. The van der Waals surface area contributed by atoms with Crippen LogP contribution in [0.15, 0.2) is 36.5 Å². The number of hydrogen-bond donors (Lipinski definition) is 2. The molecule has 0 amide bonds. The number of aliphatic hydroxyl groups excluding tert-OH is 1. The van der Waals surface area contributed by atoms with Gasteiger partial charge in [0.1, 0.15) is 0 Å². The molecule has 114 valence electrons. The van der Waals surface area contributed by atoms with Gasteiger partial charge in [-0.3, -0.25) is 4.68 Å². The predicted molar refractivity (Wildman–Crippen MR) is 71.3 cm³/mol. The standard InChI is InChI=1S/C14H16F3N3O/c1-20-12(6-7-19-20)8-18-9-13(21)10-2-4-11(5-3-10)14(15,16)17/h2-7,13,18,21H,8-9H2,1H3. The van der Waals surface area contributed by atoms with E-state index < -0.39 is 17.8 Å². The van der Waals surface area contributed by atoms with Crippen LogP contribution in [0.4, 0.5) is 13.2 Å². The lowest BCUT2D eigenvalue weighted by atomic mass is 10.1. The minimum Gasteiger partial charge on any atom is -0.387 e. The van der Waals surface area contributed by atoms with E-state index in [1.165, 1.54) is 12.1 Å². The molecule has 0 aliphatic carbocycles. The summed E-state index contributed by atoms with van der Waals surface area (Å²) in [7, 11) is 1.81. The van der Waals surface area contributed by atoms with Gasteiger partial charge in [0.2, 0.25) is 0 Å². The molecule has 0 radical (unpaired) electrons. The molecule has 0 aliphatic heterocycles. The fraction of sp³-hybridized carbons (Fsp3) is 0.357. The van der Waals surface area contributed by atoms with Crippen LogP contribution in [0.2, 0.25) is 0 Å². The molecule has 0 bridgehead atoms. The Morgan fingerprint density at radius 3 is 2.43 bits per heavy atom. The lowest BCUT2D eigenvalue weighted by Gasteiger charge is -2.13. The van der Waals surface area contributed by atoms with E-state index >= 15 is 0 Å². The summed E-state index contributed by atoms with van der Waals surface area (Å²) in [6, 6.07) is 6.37. The molecule has 21 heavy (non-hydrogen) atoms. The van der Waals surface area contributed by atoms with E-state index in [0.717, 1.165) is 17.8 Å². The molecule has 0 spiro atoms. The number of aliphatic hydroxyl groups is 1. The van der Waals surface area contributed by atoms with Gasteiger partial charge in [0.05, 0.1) is 17.4 Å². The summed E-state index contributed by atoms with van der Waals surface area (Å²) in [6.07, 6.45) is -3.55. The highest BCUT2D eigenvalue weighted by Gasteiger charge is 2.30. The first-order chi connectivity index (χ1) is 9.88. The number of hydrogen-bond acceptors (Lipinski definition) is 3. The fourth-order valence-electron chi connectivity index (χ4n) is 1.92. The number of halogens is 3. The second-order valence-corrected chi connectivity index (χ2v) is 4.71. The van der Waals surface area contributed by atoms with Crippen molar-refractivity contribution in [1.29, 1.82) is 0 Å². The van der Waals surface area contributed by atoms with Crippen molar-refractivity contribution < 1.29 is 18.3 Å². The summed E-state index contributed by atoms with van der Waals surface area (Å²) >= 11 is 0. The smallest absolute Gasteiger partial charge is 0.387 e. The van der Waals surface area contributed by atoms with Gasteiger partial charge >= 0.3 is 6.18 Å². The average Bonchev–Trinajstić information content (AvgIpc) is 2.83. The molecular weight excluding hydrogens is 283 g/mol. The van der Waals surface area contributed by atoms with E-state index in [2.05, 4.69) is 10.4 Å². The molecule has 1 aromatic carbocycles. The number of nitrogens with one attached hydrogen (secondary N) is 1. The topological polar surface area (TPSA) is 50.1 Å². The molecule has 4 nitrogen and oxygen atoms in total. The monoisotopic (exact) mass is 299 g/mol. The van der Waals surface area contributed by atoms with Gasteiger partial charge in [-0.1, -0.05) is 12.1 Å². The second kappa shape index (κ2) is 6.28. The van der Waals surface area contributed by atoms with Crippen LogP contribution >= 0.6 is 0 Å². The van der Waals surface area contributed by atoms with Gasteiger partial charge in [0.15, 0.2) is 0 Å². The maximum atomic E-state index is 12.4. The Morgan fingerprint density at radius 2 is 1.90 bits per heavy atom. The van der Waals surface area contributed by atoms with Gasteiger partial charge in [-0.2, -0.15) is 18.3 Å². The Balaban J connectivity index is 1.88. The SMILES string of the molecule is Cn1nccc1CNCC(O)c1ccc(C(F)(F)F)cc1. The summed E-state index contributed by atoms with van der Waals surface area (Å²) in [6.45, 7) is 0.769. The first-order valence-electron chi connectivity index (χ1n) is 6.41. The van der Waals surface area contributed by atoms with E-state index in [4.69, 9.17) is 0 Å². The molecule has 1 heterocycles. The summed E-state index contributed by atoms with van der Waals surface area (Å²) in [5.74, 6) is 0. The Morgan fingerprint density at radius 1 is 1.24 bits per heavy atom. The van der Waals surface area contributed by atoms with Crippen molar-refractivity contribution in [1.82, 2.24) is 15.1 Å². The van der Waals surface area contributed by atoms with Crippen molar-refractivity contribution in [3.8, 4) is 0 Å². The van der Waals surface area contributed by atoms with Crippen molar-refractivity contribution in [2.45, 2.75) is 18.8 Å². The first-order valence-corrected chi connectivity index (χ1v) is 6.41. The van der Waals surface area contributed by atoms with Gasteiger partial charge < -0.3 is 10.4 Å². The van der Waals surface area contributed by atoms with Crippen LogP contribution < -0.4 is 5.32 Å². The molecule has 2 aromatic rings. The fourth-order valence-corrected chi connectivity index (χ4v) is 1.92. The lowest BCUT2D eigenvalue weighted by molar-refractivity contribution is -0.137. The minimum atomic E-state index is -4.36. The van der Waals surface area contributed by atoms with Crippen LogP contribution in [0, 0.1) is 0 Å². The van der Waals surface area contributed by atoms with Crippen LogP contribution in [0.1, 0.15) is 22.9 Å². The first kappa shape index (κ1) is 15.5. The third-order valence-electron chi connectivity index (χ3n) is 3.19. The van der Waals surface area contributed by atoms with E-state index in [1.807, 2.05) is 13.1 Å². The molecule has 2 N–H and O–H groups in total. The Kier molecular flexibility index (Phi) is 4.64. The zero-order valence-electron chi connectivity index (χ0n) is 11.4. The molecule has 1 atom stereocenters. The van der Waals surface area contributed by atoms with Crippen LogP contribution in [0.3, 0.4) is 0 Å². The maximum absolute atomic E-state index is 12.4. The number of nitrogens with zero attached hydrogens (tertiary/aromatic N) is 2. The van der Waals surface area contributed by atoms with Gasteiger partial charge in [-0.25, -0.2) is 0 Å². The number of benzene rings is 1. The van der Waals surface area contributed by atoms with Crippen molar-refractivity contribution in [2.24, 2.45) is 7.05 Å². The van der Waals surface area contributed by atoms with Crippen molar-refractivity contribution in [3.05, 3.63) is 53.3 Å². The molecule has 0 aliphatic rings. The van der Waals surface area contributed by atoms with E-state index in [1.54, 1.807) is 10.9 Å². The Labute approximate surface area is 120 Å². The zero-order valence-corrected chi connectivity index (χ0v) is 11.4. The van der Waals surface area contributed by atoms with Crippen LogP contribution in [-0.4, -0.2) is 21.4 Å². The van der Waals surface area contributed by atoms with Gasteiger partial charge in [-0.15, -0.1) is 0 Å². The highest BCUT2D eigenvalue weighted by Crippen LogP contribution is 2.29. The average molecular weight is 299 g/mol. The molecule has 1 unspecified atom stereocenters. The van der Waals surface area contributed by atoms with Crippen molar-refractivity contribution in [3.63, 3.8) is 0 Å². The van der Waals surface area contributed by atoms with Crippen molar-refractivity contribution >= 4 is 0 Å². The molecular formula is C14H16F3N3O. The summed E-state index contributed by atoms with van der Waals surface area (Å²) < 4.78 is 39.0. The van der Waals surface area contributed by atoms with Crippen molar-refractivity contribution in [2.75, 3.05) is 6.54 Å². The molecule has 0 saturated heterocycles. The Bertz CT molecular complexity index is 578. The Hall–Kier alpha value is -1.86. The number of aryl methyl sites for hydroxylation is 1. The quantitative estimate of drug-likeness (QED) is 0.890. The minimum absolute atomic E-state index is 0.247. The number of alkyl halides is 3. The summed E-state index contributed by atoms with van der Waals surface area (Å²) in [4.78, 5) is 0. The van der Waals surface area contributed by atoms with E-state index in [-0.39, 0.29) is 6.54 Å². The maximum Gasteiger partial charge on any atom is 0.416 e. The predicted octanol–water partition coefficient (Wildman–Crippen LogP) is 2.26. The summed E-state index contributed by atoms with van der Waals surface area (Å²) in [5, 5.41) is 17.0. The van der Waals surface area contributed by atoms with Crippen LogP contribution in [-0.2, 0) is 19.8 Å². The number of aromatic nitrogens is 2. The van der Waals surface area contributed by atoms with Gasteiger partial charge in [-0.05, 0) is 23.8 Å². The third-order valence-corrected chi connectivity index (χ3v) is 3.19. The highest BCUT2D eigenvalue weighted by atomic mass is 19.4. The molecule has 0 fully saturated rings. The molecule has 7 heteroatoms.